The summed E-state index contributed by atoms with van der Waals surface area (Å²) < 4.78 is 32.3. The molecule has 1 amide bonds. The van der Waals surface area contributed by atoms with Gasteiger partial charge in [-0.1, -0.05) is 45.8 Å². The number of anilines is 2. The fraction of sp³-hybridized carbons (Fsp3) is 0.208. The Morgan fingerprint density at radius 3 is 2.50 bits per heavy atom. The first-order chi connectivity index (χ1) is 15.0. The maximum Gasteiger partial charge on any atom is 0.255 e. The van der Waals surface area contributed by atoms with Crippen LogP contribution >= 0.6 is 15.9 Å². The van der Waals surface area contributed by atoms with E-state index < -0.39 is 10.0 Å². The number of aryl methyl sites for hydroxylation is 2. The van der Waals surface area contributed by atoms with E-state index in [4.69, 9.17) is 4.74 Å². The highest BCUT2D eigenvalue weighted by Crippen LogP contribution is 2.33. The molecule has 3 aromatic rings. The molecular weight excluding hydrogens is 492 g/mol. The molecule has 1 N–H and O–H groups in total. The van der Waals surface area contributed by atoms with Crippen molar-refractivity contribution in [3.63, 3.8) is 0 Å². The number of sulfonamides is 1. The number of halogens is 1. The molecule has 0 aliphatic heterocycles. The van der Waals surface area contributed by atoms with E-state index >= 15 is 0 Å². The van der Waals surface area contributed by atoms with Gasteiger partial charge in [0.25, 0.3) is 5.91 Å². The van der Waals surface area contributed by atoms with Crippen LogP contribution in [0, 0.1) is 13.8 Å². The molecule has 168 valence electrons. The lowest BCUT2D eigenvalue weighted by Gasteiger charge is -2.21. The molecule has 0 spiro atoms. The van der Waals surface area contributed by atoms with Crippen LogP contribution in [-0.2, 0) is 16.6 Å². The van der Waals surface area contributed by atoms with Gasteiger partial charge in [-0.05, 0) is 55.3 Å². The number of nitrogens with zero attached hydrogens (tertiary/aromatic N) is 1. The number of benzene rings is 3. The Balaban J connectivity index is 1.92. The van der Waals surface area contributed by atoms with E-state index in [9.17, 15) is 13.2 Å². The first kappa shape index (κ1) is 23.8. The van der Waals surface area contributed by atoms with Crippen molar-refractivity contribution < 1.29 is 17.9 Å². The Bertz CT molecular complexity index is 1260. The minimum Gasteiger partial charge on any atom is -0.487 e. The summed E-state index contributed by atoms with van der Waals surface area (Å²) in [4.78, 5) is 12.6. The van der Waals surface area contributed by atoms with Crippen LogP contribution in [-0.4, -0.2) is 27.6 Å². The van der Waals surface area contributed by atoms with Gasteiger partial charge in [0.15, 0.2) is 0 Å². The highest BCUT2D eigenvalue weighted by Gasteiger charge is 2.18. The second-order valence-electron chi connectivity index (χ2n) is 7.60. The van der Waals surface area contributed by atoms with Crippen LogP contribution in [0.2, 0.25) is 0 Å². The Morgan fingerprint density at radius 2 is 1.81 bits per heavy atom. The van der Waals surface area contributed by atoms with E-state index in [2.05, 4.69) is 21.2 Å². The zero-order valence-corrected chi connectivity index (χ0v) is 20.7. The lowest BCUT2D eigenvalue weighted by atomic mass is 10.1. The summed E-state index contributed by atoms with van der Waals surface area (Å²) in [7, 11) is -2.03. The average molecular weight is 517 g/mol. The first-order valence-electron chi connectivity index (χ1n) is 9.88. The number of amides is 1. The molecule has 0 radical (unpaired) electrons. The fourth-order valence-electron chi connectivity index (χ4n) is 3.09. The van der Waals surface area contributed by atoms with E-state index in [1.807, 2.05) is 38.1 Å². The predicted molar refractivity (Wildman–Crippen MR) is 132 cm³/mol. The maximum atomic E-state index is 12.6. The van der Waals surface area contributed by atoms with Crippen LogP contribution in [0.1, 0.15) is 27.0 Å². The van der Waals surface area contributed by atoms with Crippen LogP contribution in [0.4, 0.5) is 11.4 Å². The maximum absolute atomic E-state index is 12.6. The van der Waals surface area contributed by atoms with Gasteiger partial charge in [0.1, 0.15) is 12.4 Å². The third-order valence-corrected chi connectivity index (χ3v) is 6.71. The summed E-state index contributed by atoms with van der Waals surface area (Å²) in [6, 6.07) is 18.0. The number of carbonyl (C=O) groups is 1. The average Bonchev–Trinajstić information content (AvgIpc) is 2.73. The monoisotopic (exact) mass is 516 g/mol. The molecular formula is C24H25BrN2O4S. The third-order valence-electron chi connectivity index (χ3n) is 5.03. The molecule has 3 aromatic carbocycles. The second kappa shape index (κ2) is 9.75. The molecule has 0 aliphatic rings. The summed E-state index contributed by atoms with van der Waals surface area (Å²) in [5.41, 5.74) is 4.57. The molecule has 0 fully saturated rings. The molecule has 0 bridgehead atoms. The standard InChI is InChI=1S/C24H25BrN2O4S/c1-16-8-9-17(2)19(12-16)15-31-23-14-21(10-11-22(23)27(3)32(4,29)30)26-24(28)18-6-5-7-20(25)13-18/h5-14H,15H2,1-4H3,(H,26,28). The molecule has 8 heteroatoms. The van der Waals surface area contributed by atoms with Crippen molar-refractivity contribution >= 4 is 43.2 Å². The van der Waals surface area contributed by atoms with Gasteiger partial charge in [-0.15, -0.1) is 0 Å². The summed E-state index contributed by atoms with van der Waals surface area (Å²) in [6.45, 7) is 4.27. The summed E-state index contributed by atoms with van der Waals surface area (Å²) in [6.07, 6.45) is 1.13. The Labute approximate surface area is 197 Å². The molecule has 0 saturated heterocycles. The van der Waals surface area contributed by atoms with Crippen molar-refractivity contribution in [3.05, 3.63) is 87.4 Å². The third kappa shape index (κ3) is 5.89. The number of carbonyl (C=O) groups excluding carboxylic acids is 1. The smallest absolute Gasteiger partial charge is 0.255 e. The van der Waals surface area contributed by atoms with Crippen molar-refractivity contribution in [1.29, 1.82) is 0 Å². The van der Waals surface area contributed by atoms with Gasteiger partial charge in [0.05, 0.1) is 11.9 Å². The highest BCUT2D eigenvalue weighted by atomic mass is 79.9. The number of rotatable bonds is 7. The minimum absolute atomic E-state index is 0.265. The van der Waals surface area contributed by atoms with Crippen molar-refractivity contribution in [2.75, 3.05) is 22.9 Å². The zero-order valence-electron chi connectivity index (χ0n) is 18.3. The van der Waals surface area contributed by atoms with E-state index in [0.717, 1.165) is 31.7 Å². The number of nitrogens with one attached hydrogen (secondary N) is 1. The quantitative estimate of drug-likeness (QED) is 0.462. The van der Waals surface area contributed by atoms with E-state index in [0.29, 0.717) is 22.7 Å². The molecule has 0 atom stereocenters. The lowest BCUT2D eigenvalue weighted by molar-refractivity contribution is 0.102. The van der Waals surface area contributed by atoms with Crippen LogP contribution in [0.15, 0.2) is 65.1 Å². The number of ether oxygens (including phenoxy) is 1. The molecule has 0 heterocycles. The predicted octanol–water partition coefficient (Wildman–Crippen LogP) is 5.29. The zero-order chi connectivity index (χ0) is 23.5. The van der Waals surface area contributed by atoms with Crippen molar-refractivity contribution in [1.82, 2.24) is 0 Å². The van der Waals surface area contributed by atoms with Gasteiger partial charge in [-0.3, -0.25) is 9.10 Å². The lowest BCUT2D eigenvalue weighted by Crippen LogP contribution is -2.25. The Morgan fingerprint density at radius 1 is 1.06 bits per heavy atom. The van der Waals surface area contributed by atoms with Crippen molar-refractivity contribution in [3.8, 4) is 5.75 Å². The molecule has 0 unspecified atom stereocenters. The first-order valence-corrected chi connectivity index (χ1v) is 12.5. The Kier molecular flexibility index (Phi) is 7.26. The minimum atomic E-state index is -3.50. The Hall–Kier alpha value is -2.84. The van der Waals surface area contributed by atoms with Crippen molar-refractivity contribution in [2.45, 2.75) is 20.5 Å². The number of hydrogen-bond acceptors (Lipinski definition) is 4. The fourth-order valence-corrected chi connectivity index (χ4v) is 4.00. The molecule has 0 aliphatic carbocycles. The van der Waals surface area contributed by atoms with Gasteiger partial charge in [-0.2, -0.15) is 0 Å². The van der Waals surface area contributed by atoms with Crippen LogP contribution in [0.5, 0.6) is 5.75 Å². The van der Waals surface area contributed by atoms with Gasteiger partial charge in [-0.25, -0.2) is 8.42 Å². The van der Waals surface area contributed by atoms with Crippen LogP contribution < -0.4 is 14.4 Å². The molecule has 0 aromatic heterocycles. The summed E-state index contributed by atoms with van der Waals surface area (Å²) in [5, 5.41) is 2.84. The second-order valence-corrected chi connectivity index (χ2v) is 10.5. The van der Waals surface area contributed by atoms with E-state index in [1.165, 1.54) is 7.05 Å². The molecule has 3 rings (SSSR count). The normalized spacial score (nSPS) is 11.2. The van der Waals surface area contributed by atoms with E-state index in [-0.39, 0.29) is 12.5 Å². The van der Waals surface area contributed by atoms with Gasteiger partial charge in [0.2, 0.25) is 10.0 Å². The molecule has 0 saturated carbocycles. The van der Waals surface area contributed by atoms with Crippen molar-refractivity contribution in [2.24, 2.45) is 0 Å². The largest absolute Gasteiger partial charge is 0.487 e. The summed E-state index contributed by atoms with van der Waals surface area (Å²) >= 11 is 3.36. The highest BCUT2D eigenvalue weighted by molar-refractivity contribution is 9.10. The molecule has 6 nitrogen and oxygen atoms in total. The topological polar surface area (TPSA) is 75.7 Å². The van der Waals surface area contributed by atoms with E-state index in [1.54, 1.807) is 36.4 Å². The van der Waals surface area contributed by atoms with Gasteiger partial charge in [0, 0.05) is 28.8 Å². The summed E-state index contributed by atoms with van der Waals surface area (Å²) in [5.74, 6) is 0.0712. The van der Waals surface area contributed by atoms with Gasteiger partial charge < -0.3 is 10.1 Å². The number of hydrogen-bond donors (Lipinski definition) is 1. The van der Waals surface area contributed by atoms with Gasteiger partial charge >= 0.3 is 0 Å². The van der Waals surface area contributed by atoms with Crippen LogP contribution in [0.25, 0.3) is 0 Å². The van der Waals surface area contributed by atoms with Crippen LogP contribution in [0.3, 0.4) is 0 Å². The SMILES string of the molecule is Cc1ccc(C)c(COc2cc(NC(=O)c3cccc(Br)c3)ccc2N(C)S(C)(=O)=O)c1. The molecule has 32 heavy (non-hydrogen) atoms.